The number of aliphatic imine (C=N–C) groups is 1. The van der Waals surface area contributed by atoms with Crippen LogP contribution in [0.15, 0.2) is 53.5 Å². The second-order valence-electron chi connectivity index (χ2n) is 10.9. The van der Waals surface area contributed by atoms with Crippen molar-refractivity contribution in [2.75, 3.05) is 37.3 Å². The fourth-order valence-corrected chi connectivity index (χ4v) is 6.67. The second-order valence-corrected chi connectivity index (χ2v) is 12.9. The van der Waals surface area contributed by atoms with Crippen molar-refractivity contribution in [1.29, 1.82) is 0 Å². The molecule has 0 aliphatic carbocycles. The maximum Gasteiger partial charge on any atom is 0.328 e. The summed E-state index contributed by atoms with van der Waals surface area (Å²) in [5.74, 6) is 0.971. The molecule has 5 rings (SSSR count). The Hall–Kier alpha value is -3.02. The lowest BCUT2D eigenvalue weighted by Crippen LogP contribution is -2.57. The highest BCUT2D eigenvalue weighted by molar-refractivity contribution is 7.88. The van der Waals surface area contributed by atoms with Crippen molar-refractivity contribution in [2.24, 2.45) is 4.99 Å². The number of anilines is 1. The fourth-order valence-electron chi connectivity index (χ4n) is 5.79. The van der Waals surface area contributed by atoms with Crippen LogP contribution in [0.1, 0.15) is 38.7 Å². The Bertz CT molecular complexity index is 1360. The average molecular weight is 558 g/mol. The van der Waals surface area contributed by atoms with Gasteiger partial charge >= 0.3 is 6.03 Å². The van der Waals surface area contributed by atoms with Crippen LogP contribution in [0.25, 0.3) is 0 Å². The van der Waals surface area contributed by atoms with Crippen LogP contribution in [0.2, 0.25) is 0 Å². The number of ether oxygens (including phenoxy) is 1. The summed E-state index contributed by atoms with van der Waals surface area (Å²) in [5, 5.41) is 2.96. The molecule has 3 fully saturated rings. The van der Waals surface area contributed by atoms with Crippen LogP contribution in [0, 0.1) is 5.82 Å². The van der Waals surface area contributed by atoms with E-state index in [9.17, 15) is 17.6 Å². The molecule has 11 heteroatoms. The molecule has 2 aromatic carbocycles. The predicted molar refractivity (Wildman–Crippen MR) is 149 cm³/mol. The zero-order valence-corrected chi connectivity index (χ0v) is 23.5. The van der Waals surface area contributed by atoms with Gasteiger partial charge in [0.1, 0.15) is 22.9 Å². The van der Waals surface area contributed by atoms with Gasteiger partial charge in [0.25, 0.3) is 0 Å². The average Bonchev–Trinajstić information content (AvgIpc) is 3.43. The summed E-state index contributed by atoms with van der Waals surface area (Å²) < 4.78 is 45.6. The first kappa shape index (κ1) is 27.5. The maximum atomic E-state index is 14.2. The van der Waals surface area contributed by atoms with Gasteiger partial charge in [-0.05, 0) is 69.0 Å². The Labute approximate surface area is 229 Å². The van der Waals surface area contributed by atoms with Gasteiger partial charge in [-0.3, -0.25) is 20.1 Å². The van der Waals surface area contributed by atoms with Crippen LogP contribution < -0.4 is 15.0 Å². The van der Waals surface area contributed by atoms with E-state index in [0.717, 1.165) is 17.9 Å². The standard InChI is InChI=1S/C28H36FN5O4S/c1-20(2)38-25-9-4-6-21(16-25)18-32-14-11-28(12-15-32)26(30-23-10-13-33(19-23)39(3,36)37)31-27(35)34(28)24-8-5-7-22(29)17-24/h4-9,16-17,20,23H,10-15,18-19H2,1-3H3,(H,30,31,35). The number of amidine groups is 1. The van der Waals surface area contributed by atoms with Gasteiger partial charge in [0.2, 0.25) is 10.0 Å². The van der Waals surface area contributed by atoms with Gasteiger partial charge in [0.15, 0.2) is 0 Å². The van der Waals surface area contributed by atoms with Gasteiger partial charge in [0, 0.05) is 38.4 Å². The summed E-state index contributed by atoms with van der Waals surface area (Å²) in [7, 11) is -3.31. The third-order valence-corrected chi connectivity index (χ3v) is 8.90. The number of hydrogen-bond donors (Lipinski definition) is 1. The molecule has 210 valence electrons. The maximum absolute atomic E-state index is 14.2. The van der Waals surface area contributed by atoms with Crippen molar-refractivity contribution in [3.8, 4) is 5.75 Å². The van der Waals surface area contributed by atoms with E-state index in [1.54, 1.807) is 17.0 Å². The van der Waals surface area contributed by atoms with Crippen molar-refractivity contribution in [1.82, 2.24) is 14.5 Å². The van der Waals surface area contributed by atoms with Crippen LogP contribution >= 0.6 is 0 Å². The Balaban J connectivity index is 1.39. The SMILES string of the molecule is CC(C)Oc1cccc(CN2CCC3(CC2)C(=NC2CCN(S(C)(=O)=O)C2)NC(=O)N3c2cccc(F)c2)c1. The van der Waals surface area contributed by atoms with E-state index in [1.807, 2.05) is 26.0 Å². The molecule has 3 aliphatic rings. The summed E-state index contributed by atoms with van der Waals surface area (Å²) in [6.45, 7) is 6.84. The molecule has 0 bridgehead atoms. The third kappa shape index (κ3) is 5.95. The molecule has 1 N–H and O–H groups in total. The summed E-state index contributed by atoms with van der Waals surface area (Å²) in [4.78, 5) is 22.2. The number of hydrogen-bond acceptors (Lipinski definition) is 6. The number of piperidine rings is 1. The number of carbonyl (C=O) groups excluding carboxylic acids is 1. The van der Waals surface area contributed by atoms with Crippen LogP contribution in [0.5, 0.6) is 5.75 Å². The van der Waals surface area contributed by atoms with Crippen LogP contribution in [0.3, 0.4) is 0 Å². The van der Waals surface area contributed by atoms with E-state index in [4.69, 9.17) is 9.73 Å². The minimum Gasteiger partial charge on any atom is -0.491 e. The van der Waals surface area contributed by atoms with E-state index >= 15 is 0 Å². The Morgan fingerprint density at radius 2 is 1.87 bits per heavy atom. The molecule has 1 atom stereocenters. The lowest BCUT2D eigenvalue weighted by molar-refractivity contribution is 0.183. The normalized spacial score (nSPS) is 23.2. The van der Waals surface area contributed by atoms with Crippen LogP contribution in [-0.2, 0) is 16.6 Å². The van der Waals surface area contributed by atoms with E-state index in [1.165, 1.54) is 22.7 Å². The molecule has 1 unspecified atom stereocenters. The van der Waals surface area contributed by atoms with Crippen molar-refractivity contribution in [2.45, 2.75) is 57.3 Å². The first-order valence-corrected chi connectivity index (χ1v) is 15.3. The molecule has 0 saturated carbocycles. The van der Waals surface area contributed by atoms with Crippen LogP contribution in [0.4, 0.5) is 14.9 Å². The number of halogens is 1. The fraction of sp³-hybridized carbons (Fsp3) is 0.500. The largest absolute Gasteiger partial charge is 0.491 e. The summed E-state index contributed by atoms with van der Waals surface area (Å²) in [6, 6.07) is 13.6. The van der Waals surface area contributed by atoms with Crippen molar-refractivity contribution in [3.05, 3.63) is 59.9 Å². The predicted octanol–water partition coefficient (Wildman–Crippen LogP) is 3.61. The summed E-state index contributed by atoms with van der Waals surface area (Å²) in [5.41, 5.74) is 0.865. The molecule has 3 heterocycles. The number of urea groups is 1. The number of amides is 2. The topological polar surface area (TPSA) is 94.5 Å². The quantitative estimate of drug-likeness (QED) is 0.562. The molecule has 3 saturated heterocycles. The molecule has 2 amide bonds. The molecule has 0 radical (unpaired) electrons. The molecule has 1 spiro atoms. The van der Waals surface area contributed by atoms with Gasteiger partial charge in [-0.1, -0.05) is 18.2 Å². The van der Waals surface area contributed by atoms with Gasteiger partial charge in [0.05, 0.1) is 18.4 Å². The lowest BCUT2D eigenvalue weighted by atomic mass is 9.84. The van der Waals surface area contributed by atoms with Crippen molar-refractivity contribution in [3.63, 3.8) is 0 Å². The molecule has 9 nitrogen and oxygen atoms in total. The molecule has 0 aromatic heterocycles. The van der Waals surface area contributed by atoms with Gasteiger partial charge in [-0.2, -0.15) is 4.31 Å². The number of nitrogens with one attached hydrogen (secondary N) is 1. The zero-order chi connectivity index (χ0) is 27.8. The van der Waals surface area contributed by atoms with E-state index in [2.05, 4.69) is 22.3 Å². The Kier molecular flexibility index (Phi) is 7.67. The van der Waals surface area contributed by atoms with E-state index in [-0.39, 0.29) is 24.7 Å². The number of nitrogens with zero attached hydrogens (tertiary/aromatic N) is 4. The summed E-state index contributed by atoms with van der Waals surface area (Å²) >= 11 is 0. The number of carbonyl (C=O) groups is 1. The van der Waals surface area contributed by atoms with Gasteiger partial charge < -0.3 is 4.74 Å². The number of rotatable bonds is 7. The van der Waals surface area contributed by atoms with Crippen molar-refractivity contribution >= 4 is 27.6 Å². The Morgan fingerprint density at radius 1 is 1.13 bits per heavy atom. The number of benzene rings is 2. The van der Waals surface area contributed by atoms with Gasteiger partial charge in [-0.25, -0.2) is 17.6 Å². The molecule has 2 aromatic rings. The third-order valence-electron chi connectivity index (χ3n) is 7.63. The lowest BCUT2D eigenvalue weighted by Gasteiger charge is -2.43. The molecule has 39 heavy (non-hydrogen) atoms. The first-order chi connectivity index (χ1) is 18.5. The van der Waals surface area contributed by atoms with Gasteiger partial charge in [-0.15, -0.1) is 0 Å². The highest BCUT2D eigenvalue weighted by Crippen LogP contribution is 2.39. The minimum absolute atomic E-state index is 0.0957. The van der Waals surface area contributed by atoms with Crippen LogP contribution in [-0.4, -0.2) is 79.6 Å². The second kappa shape index (κ2) is 10.9. The number of likely N-dealkylation sites (tertiary alicyclic amines) is 1. The number of sulfonamides is 1. The van der Waals surface area contributed by atoms with Crippen molar-refractivity contribution < 1.29 is 22.3 Å². The van der Waals surface area contributed by atoms with E-state index < -0.39 is 21.4 Å². The summed E-state index contributed by atoms with van der Waals surface area (Å²) in [6.07, 6.45) is 3.09. The molecule has 3 aliphatic heterocycles. The van der Waals surface area contributed by atoms with E-state index in [0.29, 0.717) is 50.4 Å². The Morgan fingerprint density at radius 3 is 2.54 bits per heavy atom. The smallest absolute Gasteiger partial charge is 0.328 e. The zero-order valence-electron chi connectivity index (χ0n) is 22.6. The highest BCUT2D eigenvalue weighted by atomic mass is 32.2. The molecular weight excluding hydrogens is 521 g/mol. The monoisotopic (exact) mass is 557 g/mol. The minimum atomic E-state index is -3.31. The highest BCUT2D eigenvalue weighted by Gasteiger charge is 2.53. The molecular formula is C28H36FN5O4S. The first-order valence-electron chi connectivity index (χ1n) is 13.4.